The summed E-state index contributed by atoms with van der Waals surface area (Å²) >= 11 is 0. The molecular weight excluding hydrogens is 280 g/mol. The van der Waals surface area contributed by atoms with Crippen molar-refractivity contribution in [2.45, 2.75) is 6.92 Å². The first-order valence-electron chi connectivity index (χ1n) is 7.74. The minimum atomic E-state index is 0.879. The third kappa shape index (κ3) is 3.89. The molecule has 0 bridgehead atoms. The van der Waals surface area contributed by atoms with Crippen molar-refractivity contribution in [3.05, 3.63) is 89.5 Å². The lowest BCUT2D eigenvalue weighted by Gasteiger charge is -2.03. The van der Waals surface area contributed by atoms with E-state index in [4.69, 9.17) is 4.74 Å². The van der Waals surface area contributed by atoms with Crippen LogP contribution in [-0.4, -0.2) is 7.11 Å². The van der Waals surface area contributed by atoms with E-state index in [-0.39, 0.29) is 0 Å². The molecule has 114 valence electrons. The molecule has 3 rings (SSSR count). The second kappa shape index (κ2) is 6.97. The molecule has 0 saturated heterocycles. The van der Waals surface area contributed by atoms with E-state index in [9.17, 15) is 0 Å². The van der Waals surface area contributed by atoms with Crippen LogP contribution in [0.25, 0.3) is 23.3 Å². The second-order valence-corrected chi connectivity index (χ2v) is 5.59. The highest BCUT2D eigenvalue weighted by molar-refractivity contribution is 5.72. The molecule has 0 saturated carbocycles. The minimum Gasteiger partial charge on any atom is -0.497 e. The van der Waals surface area contributed by atoms with Gasteiger partial charge in [0.1, 0.15) is 5.75 Å². The standard InChI is InChI=1S/C22H20O/c1-17-3-11-20(12-4-17)21-13-7-18(8-14-21)5-6-19-9-15-22(23-2)16-10-19/h3-16H,1-2H3/b6-5+. The molecule has 0 amide bonds. The Morgan fingerprint density at radius 2 is 1.04 bits per heavy atom. The van der Waals surface area contributed by atoms with E-state index < -0.39 is 0 Å². The lowest BCUT2D eigenvalue weighted by atomic mass is 10.0. The van der Waals surface area contributed by atoms with Gasteiger partial charge in [0.15, 0.2) is 0 Å². The fourth-order valence-electron chi connectivity index (χ4n) is 2.44. The van der Waals surface area contributed by atoms with E-state index >= 15 is 0 Å². The van der Waals surface area contributed by atoms with Crippen LogP contribution in [0.15, 0.2) is 72.8 Å². The normalized spacial score (nSPS) is 10.9. The highest BCUT2D eigenvalue weighted by Gasteiger charge is 1.97. The molecular formula is C22H20O. The third-order valence-corrected chi connectivity index (χ3v) is 3.88. The van der Waals surface area contributed by atoms with Crippen LogP contribution in [0.4, 0.5) is 0 Å². The van der Waals surface area contributed by atoms with Crippen molar-refractivity contribution in [3.8, 4) is 16.9 Å². The zero-order chi connectivity index (χ0) is 16.1. The van der Waals surface area contributed by atoms with Crippen molar-refractivity contribution in [2.75, 3.05) is 7.11 Å². The fraction of sp³-hybridized carbons (Fsp3) is 0.0909. The van der Waals surface area contributed by atoms with Crippen LogP contribution in [0, 0.1) is 6.92 Å². The molecule has 0 radical (unpaired) electrons. The Morgan fingerprint density at radius 3 is 1.52 bits per heavy atom. The molecule has 0 unspecified atom stereocenters. The summed E-state index contributed by atoms with van der Waals surface area (Å²) in [6.45, 7) is 2.11. The molecule has 0 aromatic heterocycles. The lowest BCUT2D eigenvalue weighted by molar-refractivity contribution is 0.415. The summed E-state index contributed by atoms with van der Waals surface area (Å²) in [5.41, 5.74) is 6.13. The number of methoxy groups -OCH3 is 1. The summed E-state index contributed by atoms with van der Waals surface area (Å²) in [5.74, 6) is 0.879. The fourth-order valence-corrected chi connectivity index (χ4v) is 2.44. The molecule has 0 spiro atoms. The smallest absolute Gasteiger partial charge is 0.118 e. The van der Waals surface area contributed by atoms with Gasteiger partial charge in [-0.25, -0.2) is 0 Å². The lowest BCUT2D eigenvalue weighted by Crippen LogP contribution is -1.81. The number of hydrogen-bond donors (Lipinski definition) is 0. The highest BCUT2D eigenvalue weighted by Crippen LogP contribution is 2.21. The van der Waals surface area contributed by atoms with Gasteiger partial charge in [0.25, 0.3) is 0 Å². The van der Waals surface area contributed by atoms with Crippen LogP contribution in [-0.2, 0) is 0 Å². The summed E-state index contributed by atoms with van der Waals surface area (Å²) in [5, 5.41) is 0. The van der Waals surface area contributed by atoms with Crippen molar-refractivity contribution in [2.24, 2.45) is 0 Å². The maximum atomic E-state index is 5.17. The maximum Gasteiger partial charge on any atom is 0.118 e. The largest absolute Gasteiger partial charge is 0.497 e. The van der Waals surface area contributed by atoms with Gasteiger partial charge in [0, 0.05) is 0 Å². The van der Waals surface area contributed by atoms with E-state index in [0.29, 0.717) is 0 Å². The SMILES string of the molecule is COc1ccc(/C=C/c2ccc(-c3ccc(C)cc3)cc2)cc1. The molecule has 0 heterocycles. The molecule has 0 aliphatic carbocycles. The number of rotatable bonds is 4. The molecule has 0 N–H and O–H groups in total. The average molecular weight is 300 g/mol. The Hall–Kier alpha value is -2.80. The molecule has 0 aliphatic heterocycles. The van der Waals surface area contributed by atoms with Gasteiger partial charge in [-0.3, -0.25) is 0 Å². The van der Waals surface area contributed by atoms with Crippen molar-refractivity contribution < 1.29 is 4.74 Å². The Morgan fingerprint density at radius 1 is 0.609 bits per heavy atom. The zero-order valence-corrected chi connectivity index (χ0v) is 13.5. The van der Waals surface area contributed by atoms with Crippen molar-refractivity contribution in [1.82, 2.24) is 0 Å². The highest BCUT2D eigenvalue weighted by atomic mass is 16.5. The minimum absolute atomic E-state index is 0.879. The first-order chi connectivity index (χ1) is 11.2. The van der Waals surface area contributed by atoms with Gasteiger partial charge < -0.3 is 4.74 Å². The van der Waals surface area contributed by atoms with Crippen LogP contribution < -0.4 is 4.74 Å². The molecule has 0 fully saturated rings. The molecule has 0 atom stereocenters. The van der Waals surface area contributed by atoms with E-state index in [2.05, 4.69) is 79.7 Å². The zero-order valence-electron chi connectivity index (χ0n) is 13.5. The Bertz CT molecular complexity index is 779. The number of ether oxygens (including phenoxy) is 1. The molecule has 23 heavy (non-hydrogen) atoms. The van der Waals surface area contributed by atoms with E-state index in [0.717, 1.165) is 11.3 Å². The molecule has 0 aliphatic rings. The predicted octanol–water partition coefficient (Wildman–Crippen LogP) is 5.84. The maximum absolute atomic E-state index is 5.17. The first-order valence-corrected chi connectivity index (χ1v) is 7.74. The second-order valence-electron chi connectivity index (χ2n) is 5.59. The van der Waals surface area contributed by atoms with Crippen molar-refractivity contribution in [3.63, 3.8) is 0 Å². The van der Waals surface area contributed by atoms with Gasteiger partial charge in [-0.05, 0) is 41.3 Å². The van der Waals surface area contributed by atoms with E-state index in [1.807, 2.05) is 12.1 Å². The van der Waals surface area contributed by atoms with Crippen LogP contribution in [0.3, 0.4) is 0 Å². The topological polar surface area (TPSA) is 9.23 Å². The molecule has 3 aromatic carbocycles. The first kappa shape index (κ1) is 15.1. The van der Waals surface area contributed by atoms with Crippen LogP contribution in [0.5, 0.6) is 5.75 Å². The summed E-state index contributed by atoms with van der Waals surface area (Å²) in [6, 6.07) is 25.3. The van der Waals surface area contributed by atoms with Crippen LogP contribution in [0.1, 0.15) is 16.7 Å². The van der Waals surface area contributed by atoms with Gasteiger partial charge in [0.2, 0.25) is 0 Å². The molecule has 3 aromatic rings. The number of aryl methyl sites for hydroxylation is 1. The predicted molar refractivity (Wildman–Crippen MR) is 98.5 cm³/mol. The Kier molecular flexibility index (Phi) is 4.58. The van der Waals surface area contributed by atoms with E-state index in [1.165, 1.54) is 22.3 Å². The van der Waals surface area contributed by atoms with Gasteiger partial charge >= 0.3 is 0 Å². The van der Waals surface area contributed by atoms with Crippen molar-refractivity contribution in [1.29, 1.82) is 0 Å². The monoisotopic (exact) mass is 300 g/mol. The molecule has 1 nitrogen and oxygen atoms in total. The third-order valence-electron chi connectivity index (χ3n) is 3.88. The van der Waals surface area contributed by atoms with Crippen molar-refractivity contribution >= 4 is 12.2 Å². The summed E-state index contributed by atoms with van der Waals surface area (Å²) in [6.07, 6.45) is 4.24. The summed E-state index contributed by atoms with van der Waals surface area (Å²) in [4.78, 5) is 0. The Balaban J connectivity index is 1.73. The van der Waals surface area contributed by atoms with Crippen LogP contribution in [0.2, 0.25) is 0 Å². The number of benzene rings is 3. The Labute approximate surface area is 137 Å². The molecule has 1 heteroatoms. The van der Waals surface area contributed by atoms with E-state index in [1.54, 1.807) is 7.11 Å². The number of hydrogen-bond acceptors (Lipinski definition) is 1. The van der Waals surface area contributed by atoms with Crippen LogP contribution >= 0.6 is 0 Å². The summed E-state index contributed by atoms with van der Waals surface area (Å²) in [7, 11) is 1.68. The average Bonchev–Trinajstić information content (AvgIpc) is 2.61. The van der Waals surface area contributed by atoms with Gasteiger partial charge in [-0.1, -0.05) is 78.4 Å². The quantitative estimate of drug-likeness (QED) is 0.550. The van der Waals surface area contributed by atoms with Gasteiger partial charge in [0.05, 0.1) is 7.11 Å². The van der Waals surface area contributed by atoms with Gasteiger partial charge in [-0.15, -0.1) is 0 Å². The van der Waals surface area contributed by atoms with Gasteiger partial charge in [-0.2, -0.15) is 0 Å². The summed E-state index contributed by atoms with van der Waals surface area (Å²) < 4.78 is 5.17.